The van der Waals surface area contributed by atoms with E-state index < -0.39 is 0 Å². The van der Waals surface area contributed by atoms with Gasteiger partial charge in [0, 0.05) is 6.42 Å². The zero-order chi connectivity index (χ0) is 11.3. The molecule has 0 aliphatic heterocycles. The van der Waals surface area contributed by atoms with E-state index in [0.29, 0.717) is 12.0 Å². The molecular formula is C12H15FN2. The van der Waals surface area contributed by atoms with Crippen LogP contribution >= 0.6 is 0 Å². The molecule has 1 atom stereocenters. The molecule has 15 heavy (non-hydrogen) atoms. The van der Waals surface area contributed by atoms with Crippen LogP contribution in [0.3, 0.4) is 0 Å². The minimum absolute atomic E-state index is 0.118. The fourth-order valence-corrected chi connectivity index (χ4v) is 1.30. The molecule has 0 aliphatic rings. The fourth-order valence-electron chi connectivity index (χ4n) is 1.30. The van der Waals surface area contributed by atoms with Crippen molar-refractivity contribution >= 4 is 0 Å². The van der Waals surface area contributed by atoms with Crippen molar-refractivity contribution in [3.8, 4) is 11.8 Å². The third kappa shape index (κ3) is 3.05. The van der Waals surface area contributed by atoms with Gasteiger partial charge in [-0.3, -0.25) is 11.3 Å². The van der Waals surface area contributed by atoms with Crippen molar-refractivity contribution in [2.45, 2.75) is 26.3 Å². The summed E-state index contributed by atoms with van der Waals surface area (Å²) in [6.07, 6.45) is 0.579. The molecule has 0 fully saturated rings. The van der Waals surface area contributed by atoms with E-state index in [9.17, 15) is 4.39 Å². The molecule has 1 aromatic rings. The van der Waals surface area contributed by atoms with Gasteiger partial charge < -0.3 is 0 Å². The molecule has 1 aromatic carbocycles. The van der Waals surface area contributed by atoms with Gasteiger partial charge in [-0.1, -0.05) is 12.1 Å². The van der Waals surface area contributed by atoms with Crippen molar-refractivity contribution in [3.63, 3.8) is 0 Å². The van der Waals surface area contributed by atoms with Crippen LogP contribution in [-0.2, 0) is 0 Å². The molecule has 0 aromatic heterocycles. The summed E-state index contributed by atoms with van der Waals surface area (Å²) in [6.45, 7) is 3.50. The van der Waals surface area contributed by atoms with Gasteiger partial charge >= 0.3 is 0 Å². The Labute approximate surface area is 89.6 Å². The maximum absolute atomic E-state index is 13.3. The van der Waals surface area contributed by atoms with E-state index in [4.69, 9.17) is 5.84 Å². The number of halogens is 1. The predicted octanol–water partition coefficient (Wildman–Crippen LogP) is 2.05. The second-order valence-corrected chi connectivity index (χ2v) is 3.36. The largest absolute Gasteiger partial charge is 0.271 e. The van der Waals surface area contributed by atoms with Gasteiger partial charge in [-0.05, 0) is 31.0 Å². The average Bonchev–Trinajstić information content (AvgIpc) is 2.24. The molecule has 0 aliphatic carbocycles. The molecule has 3 N–H and O–H groups in total. The lowest BCUT2D eigenvalue weighted by atomic mass is 10.0. The van der Waals surface area contributed by atoms with Crippen molar-refractivity contribution < 1.29 is 4.39 Å². The third-order valence-electron chi connectivity index (χ3n) is 2.28. The number of hydrogen-bond donors (Lipinski definition) is 2. The van der Waals surface area contributed by atoms with Crippen molar-refractivity contribution in [1.82, 2.24) is 5.43 Å². The van der Waals surface area contributed by atoms with Crippen LogP contribution in [-0.4, -0.2) is 0 Å². The highest BCUT2D eigenvalue weighted by Crippen LogP contribution is 2.18. The summed E-state index contributed by atoms with van der Waals surface area (Å²) in [7, 11) is 0. The molecule has 1 rings (SSSR count). The number of rotatable bonds is 3. The van der Waals surface area contributed by atoms with Crippen molar-refractivity contribution in [1.29, 1.82) is 0 Å². The molecule has 0 radical (unpaired) electrons. The number of aryl methyl sites for hydroxylation is 1. The minimum atomic E-state index is -0.211. The van der Waals surface area contributed by atoms with Gasteiger partial charge in [-0.25, -0.2) is 4.39 Å². The minimum Gasteiger partial charge on any atom is -0.271 e. The number of nitrogens with one attached hydrogen (secondary N) is 1. The maximum atomic E-state index is 13.3. The molecule has 80 valence electrons. The summed E-state index contributed by atoms with van der Waals surface area (Å²) in [5.74, 6) is 10.9. The predicted molar refractivity (Wildman–Crippen MR) is 59.3 cm³/mol. The molecule has 2 nitrogen and oxygen atoms in total. The Morgan fingerprint density at radius 2 is 2.27 bits per heavy atom. The Morgan fingerprint density at radius 1 is 1.53 bits per heavy atom. The van der Waals surface area contributed by atoms with E-state index in [1.807, 2.05) is 6.07 Å². The highest BCUT2D eigenvalue weighted by atomic mass is 19.1. The topological polar surface area (TPSA) is 38.0 Å². The first-order valence-electron chi connectivity index (χ1n) is 4.80. The molecule has 0 heterocycles. The van der Waals surface area contributed by atoms with Crippen LogP contribution < -0.4 is 11.3 Å². The summed E-state index contributed by atoms with van der Waals surface area (Å²) in [4.78, 5) is 0. The summed E-state index contributed by atoms with van der Waals surface area (Å²) in [6, 6.07) is 4.99. The summed E-state index contributed by atoms with van der Waals surface area (Å²) >= 11 is 0. The van der Waals surface area contributed by atoms with E-state index in [-0.39, 0.29) is 11.9 Å². The van der Waals surface area contributed by atoms with Gasteiger partial charge in [0.25, 0.3) is 0 Å². The molecule has 1 unspecified atom stereocenters. The van der Waals surface area contributed by atoms with Crippen LogP contribution in [0.4, 0.5) is 4.39 Å². The fraction of sp³-hybridized carbons (Fsp3) is 0.333. The van der Waals surface area contributed by atoms with Gasteiger partial charge in [0.05, 0.1) is 6.04 Å². The number of hydrazine groups is 1. The van der Waals surface area contributed by atoms with Gasteiger partial charge in [0.2, 0.25) is 0 Å². The van der Waals surface area contributed by atoms with Gasteiger partial charge in [-0.15, -0.1) is 11.8 Å². The van der Waals surface area contributed by atoms with Gasteiger partial charge in [0.15, 0.2) is 0 Å². The van der Waals surface area contributed by atoms with E-state index in [0.717, 1.165) is 5.56 Å². The molecule has 0 saturated carbocycles. The van der Waals surface area contributed by atoms with Crippen LogP contribution in [0.2, 0.25) is 0 Å². The first kappa shape index (κ1) is 11.7. The Bertz CT molecular complexity index is 390. The quantitative estimate of drug-likeness (QED) is 0.451. The standard InChI is InChI=1S/C12H15FN2/c1-3-4-5-12(15-14)10-7-6-9(2)11(13)8-10/h6-8,12,15H,5,14H2,1-2H3. The molecule has 0 spiro atoms. The smallest absolute Gasteiger partial charge is 0.126 e. The van der Waals surface area contributed by atoms with Crippen LogP contribution in [0.5, 0.6) is 0 Å². The lowest BCUT2D eigenvalue weighted by Gasteiger charge is -2.13. The van der Waals surface area contributed by atoms with Gasteiger partial charge in [0.1, 0.15) is 5.82 Å². The molecular weight excluding hydrogens is 191 g/mol. The maximum Gasteiger partial charge on any atom is 0.126 e. The average molecular weight is 206 g/mol. The molecule has 0 amide bonds. The van der Waals surface area contributed by atoms with E-state index >= 15 is 0 Å². The summed E-state index contributed by atoms with van der Waals surface area (Å²) < 4.78 is 13.3. The van der Waals surface area contributed by atoms with Crippen molar-refractivity contribution in [2.24, 2.45) is 5.84 Å². The Morgan fingerprint density at radius 3 is 2.80 bits per heavy atom. The molecule has 0 saturated heterocycles. The first-order chi connectivity index (χ1) is 7.19. The summed E-state index contributed by atoms with van der Waals surface area (Å²) in [5, 5.41) is 0. The Hall–Kier alpha value is -1.37. The number of benzene rings is 1. The van der Waals surface area contributed by atoms with Crippen molar-refractivity contribution in [3.05, 3.63) is 35.1 Å². The van der Waals surface area contributed by atoms with E-state index in [1.165, 1.54) is 6.07 Å². The van der Waals surface area contributed by atoms with Crippen LogP contribution in [0.1, 0.15) is 30.5 Å². The van der Waals surface area contributed by atoms with E-state index in [1.54, 1.807) is 19.9 Å². The van der Waals surface area contributed by atoms with Crippen LogP contribution in [0.25, 0.3) is 0 Å². The highest BCUT2D eigenvalue weighted by molar-refractivity contribution is 5.26. The number of nitrogens with two attached hydrogens (primary N) is 1. The van der Waals surface area contributed by atoms with Crippen LogP contribution in [0.15, 0.2) is 18.2 Å². The Balaban J connectivity index is 2.90. The SMILES string of the molecule is CC#CCC(NN)c1ccc(C)c(F)c1. The molecule has 3 heteroatoms. The summed E-state index contributed by atoms with van der Waals surface area (Å²) in [5.41, 5.74) is 4.09. The lowest BCUT2D eigenvalue weighted by Crippen LogP contribution is -2.27. The monoisotopic (exact) mass is 206 g/mol. The molecule has 0 bridgehead atoms. The Kier molecular flexibility index (Phi) is 4.29. The first-order valence-corrected chi connectivity index (χ1v) is 4.80. The lowest BCUT2D eigenvalue weighted by molar-refractivity contribution is 0.557. The second kappa shape index (κ2) is 5.50. The van der Waals surface area contributed by atoms with Crippen LogP contribution in [0, 0.1) is 24.6 Å². The normalized spacial score (nSPS) is 11.7. The highest BCUT2D eigenvalue weighted by Gasteiger charge is 2.09. The number of hydrogen-bond acceptors (Lipinski definition) is 2. The van der Waals surface area contributed by atoms with Gasteiger partial charge in [-0.2, -0.15) is 0 Å². The zero-order valence-corrected chi connectivity index (χ0v) is 8.97. The van der Waals surface area contributed by atoms with E-state index in [2.05, 4.69) is 17.3 Å². The second-order valence-electron chi connectivity index (χ2n) is 3.36. The zero-order valence-electron chi connectivity index (χ0n) is 8.97. The third-order valence-corrected chi connectivity index (χ3v) is 2.28. The van der Waals surface area contributed by atoms with Crippen molar-refractivity contribution in [2.75, 3.05) is 0 Å².